The summed E-state index contributed by atoms with van der Waals surface area (Å²) in [5.74, 6) is 1.91. The highest BCUT2D eigenvalue weighted by Crippen LogP contribution is 2.27. The molecule has 0 saturated carbocycles. The van der Waals surface area contributed by atoms with Crippen molar-refractivity contribution in [1.29, 1.82) is 0 Å². The van der Waals surface area contributed by atoms with Gasteiger partial charge in [0.25, 0.3) is 5.91 Å². The summed E-state index contributed by atoms with van der Waals surface area (Å²) in [7, 11) is 0. The van der Waals surface area contributed by atoms with Crippen molar-refractivity contribution in [3.8, 4) is 0 Å². The molecule has 6 heteroatoms. The maximum Gasteiger partial charge on any atom is 0.257 e. The quantitative estimate of drug-likeness (QED) is 0.795. The third-order valence-corrected chi connectivity index (χ3v) is 5.20. The SMILES string of the molecule is CCN(CC)Cc1cc(C(=O)N2CCCC(c3ccncn3)C2)c(C)o1. The van der Waals surface area contributed by atoms with Gasteiger partial charge < -0.3 is 9.32 Å². The van der Waals surface area contributed by atoms with E-state index >= 15 is 0 Å². The van der Waals surface area contributed by atoms with Crippen LogP contribution in [0.5, 0.6) is 0 Å². The molecular formula is C20H28N4O2. The lowest BCUT2D eigenvalue weighted by Gasteiger charge is -2.32. The van der Waals surface area contributed by atoms with Crippen molar-refractivity contribution in [2.24, 2.45) is 0 Å². The van der Waals surface area contributed by atoms with Crippen LogP contribution in [0.4, 0.5) is 0 Å². The highest BCUT2D eigenvalue weighted by molar-refractivity contribution is 5.95. The van der Waals surface area contributed by atoms with E-state index in [2.05, 4.69) is 28.7 Å². The lowest BCUT2D eigenvalue weighted by atomic mass is 9.94. The van der Waals surface area contributed by atoms with Gasteiger partial charge in [-0.3, -0.25) is 9.69 Å². The summed E-state index contributed by atoms with van der Waals surface area (Å²) in [6.45, 7) is 10.3. The highest BCUT2D eigenvalue weighted by Gasteiger charge is 2.28. The Morgan fingerprint density at radius 2 is 2.19 bits per heavy atom. The molecular weight excluding hydrogens is 328 g/mol. The molecule has 1 amide bonds. The molecule has 1 saturated heterocycles. The Kier molecular flexibility index (Phi) is 6.04. The molecule has 3 heterocycles. The molecule has 1 fully saturated rings. The van der Waals surface area contributed by atoms with Crippen LogP contribution in [-0.4, -0.2) is 51.9 Å². The van der Waals surface area contributed by atoms with E-state index in [1.54, 1.807) is 12.5 Å². The van der Waals surface area contributed by atoms with Crippen LogP contribution in [0.2, 0.25) is 0 Å². The van der Waals surface area contributed by atoms with E-state index < -0.39 is 0 Å². The van der Waals surface area contributed by atoms with Gasteiger partial charge in [-0.05, 0) is 45.0 Å². The van der Waals surface area contributed by atoms with Gasteiger partial charge in [0.2, 0.25) is 0 Å². The second-order valence-electron chi connectivity index (χ2n) is 6.87. The number of amides is 1. The minimum atomic E-state index is 0.0656. The monoisotopic (exact) mass is 356 g/mol. The normalized spacial score (nSPS) is 17.7. The summed E-state index contributed by atoms with van der Waals surface area (Å²) in [5.41, 5.74) is 1.71. The van der Waals surface area contributed by atoms with Gasteiger partial charge in [-0.25, -0.2) is 9.97 Å². The van der Waals surface area contributed by atoms with Crippen LogP contribution in [0.15, 0.2) is 29.1 Å². The van der Waals surface area contributed by atoms with Gasteiger partial charge in [-0.2, -0.15) is 0 Å². The maximum absolute atomic E-state index is 13.1. The van der Waals surface area contributed by atoms with E-state index in [4.69, 9.17) is 4.42 Å². The van der Waals surface area contributed by atoms with E-state index in [0.717, 1.165) is 50.5 Å². The zero-order valence-electron chi connectivity index (χ0n) is 15.9. The minimum Gasteiger partial charge on any atom is -0.464 e. The van der Waals surface area contributed by atoms with Crippen LogP contribution in [-0.2, 0) is 6.54 Å². The molecule has 2 aromatic heterocycles. The zero-order valence-corrected chi connectivity index (χ0v) is 15.9. The Balaban J connectivity index is 1.71. The lowest BCUT2D eigenvalue weighted by Crippen LogP contribution is -2.39. The Labute approximate surface area is 155 Å². The van der Waals surface area contributed by atoms with E-state index in [-0.39, 0.29) is 11.8 Å². The Morgan fingerprint density at radius 3 is 2.88 bits per heavy atom. The molecule has 0 radical (unpaired) electrons. The fourth-order valence-corrected chi connectivity index (χ4v) is 3.62. The third kappa shape index (κ3) is 4.12. The Morgan fingerprint density at radius 1 is 1.38 bits per heavy atom. The Hall–Kier alpha value is -2.21. The van der Waals surface area contributed by atoms with E-state index in [1.807, 2.05) is 24.0 Å². The number of aromatic nitrogens is 2. The van der Waals surface area contributed by atoms with Crippen LogP contribution in [0, 0.1) is 6.92 Å². The standard InChI is InChI=1S/C20H28N4O2/c1-4-23(5-2)13-17-11-18(15(3)26-17)20(25)24-10-6-7-16(12-24)19-8-9-21-14-22-19/h8-9,11,14,16H,4-7,10,12-13H2,1-3H3. The zero-order chi connectivity index (χ0) is 18.5. The molecule has 6 nitrogen and oxygen atoms in total. The first-order valence-electron chi connectivity index (χ1n) is 9.49. The van der Waals surface area contributed by atoms with Crippen molar-refractivity contribution >= 4 is 5.91 Å². The van der Waals surface area contributed by atoms with Gasteiger partial charge in [-0.1, -0.05) is 13.8 Å². The van der Waals surface area contributed by atoms with Gasteiger partial charge in [0, 0.05) is 30.9 Å². The predicted molar refractivity (Wildman–Crippen MR) is 100.0 cm³/mol. The number of carbonyl (C=O) groups is 1. The summed E-state index contributed by atoms with van der Waals surface area (Å²) in [5, 5.41) is 0. The second-order valence-corrected chi connectivity index (χ2v) is 6.87. The molecule has 1 aliphatic rings. The highest BCUT2D eigenvalue weighted by atomic mass is 16.3. The molecule has 0 aliphatic carbocycles. The average Bonchev–Trinajstić information content (AvgIpc) is 3.06. The first-order valence-corrected chi connectivity index (χ1v) is 9.49. The largest absolute Gasteiger partial charge is 0.464 e. The first kappa shape index (κ1) is 18.6. The number of rotatable bonds is 6. The van der Waals surface area contributed by atoms with E-state index in [9.17, 15) is 4.79 Å². The number of likely N-dealkylation sites (tertiary alicyclic amines) is 1. The van der Waals surface area contributed by atoms with E-state index in [0.29, 0.717) is 17.9 Å². The molecule has 26 heavy (non-hydrogen) atoms. The number of hydrogen-bond donors (Lipinski definition) is 0. The van der Waals surface area contributed by atoms with Crippen molar-refractivity contribution < 1.29 is 9.21 Å². The summed E-state index contributed by atoms with van der Waals surface area (Å²) in [4.78, 5) is 25.6. The predicted octanol–water partition coefficient (Wildman–Crippen LogP) is 3.24. The summed E-state index contributed by atoms with van der Waals surface area (Å²) in [6, 6.07) is 3.87. The third-order valence-electron chi connectivity index (χ3n) is 5.20. The molecule has 0 aromatic carbocycles. The maximum atomic E-state index is 13.1. The summed E-state index contributed by atoms with van der Waals surface area (Å²) in [6.07, 6.45) is 5.39. The number of carbonyl (C=O) groups excluding carboxylic acids is 1. The lowest BCUT2D eigenvalue weighted by molar-refractivity contribution is 0.0704. The van der Waals surface area contributed by atoms with Crippen molar-refractivity contribution in [3.63, 3.8) is 0 Å². The van der Waals surface area contributed by atoms with Crippen LogP contribution in [0.3, 0.4) is 0 Å². The topological polar surface area (TPSA) is 62.5 Å². The van der Waals surface area contributed by atoms with Crippen molar-refractivity contribution in [1.82, 2.24) is 19.8 Å². The minimum absolute atomic E-state index is 0.0656. The summed E-state index contributed by atoms with van der Waals surface area (Å²) < 4.78 is 5.86. The van der Waals surface area contributed by atoms with Gasteiger partial charge in [-0.15, -0.1) is 0 Å². The second kappa shape index (κ2) is 8.45. The van der Waals surface area contributed by atoms with Crippen LogP contribution in [0.25, 0.3) is 0 Å². The number of piperidine rings is 1. The number of nitrogens with zero attached hydrogens (tertiary/aromatic N) is 4. The van der Waals surface area contributed by atoms with Gasteiger partial charge >= 0.3 is 0 Å². The average molecular weight is 356 g/mol. The first-order chi connectivity index (χ1) is 12.6. The van der Waals surface area contributed by atoms with Gasteiger partial charge in [0.15, 0.2) is 0 Å². The molecule has 140 valence electrons. The summed E-state index contributed by atoms with van der Waals surface area (Å²) >= 11 is 0. The van der Waals surface area contributed by atoms with Crippen molar-refractivity contribution in [2.45, 2.75) is 46.1 Å². The van der Waals surface area contributed by atoms with Crippen molar-refractivity contribution in [2.75, 3.05) is 26.2 Å². The number of furan rings is 1. The fraction of sp³-hybridized carbons (Fsp3) is 0.550. The van der Waals surface area contributed by atoms with Crippen molar-refractivity contribution in [3.05, 3.63) is 47.4 Å². The molecule has 2 aromatic rings. The molecule has 1 atom stereocenters. The van der Waals surface area contributed by atoms with E-state index in [1.165, 1.54) is 0 Å². The molecule has 0 bridgehead atoms. The van der Waals surface area contributed by atoms with Gasteiger partial charge in [0.1, 0.15) is 17.8 Å². The molecule has 1 unspecified atom stereocenters. The number of hydrogen-bond acceptors (Lipinski definition) is 5. The van der Waals surface area contributed by atoms with Gasteiger partial charge in [0.05, 0.1) is 12.1 Å². The molecule has 3 rings (SSSR count). The van der Waals surface area contributed by atoms with Crippen LogP contribution >= 0.6 is 0 Å². The fourth-order valence-electron chi connectivity index (χ4n) is 3.62. The molecule has 1 aliphatic heterocycles. The molecule has 0 spiro atoms. The van der Waals surface area contributed by atoms with Crippen LogP contribution < -0.4 is 0 Å². The Bertz CT molecular complexity index is 725. The number of aryl methyl sites for hydroxylation is 1. The smallest absolute Gasteiger partial charge is 0.257 e. The molecule has 0 N–H and O–H groups in total. The van der Waals surface area contributed by atoms with Crippen LogP contribution in [0.1, 0.15) is 60.2 Å².